The highest BCUT2D eigenvalue weighted by Crippen LogP contribution is 2.37. The Balaban J connectivity index is 1.11. The Labute approximate surface area is 257 Å². The maximum Gasteiger partial charge on any atom is 0.278 e. The Hall–Kier alpha value is -4.06. The van der Waals surface area contributed by atoms with Gasteiger partial charge in [0.1, 0.15) is 11.0 Å². The van der Waals surface area contributed by atoms with E-state index in [1.165, 1.54) is 42.7 Å². The first-order chi connectivity index (χ1) is 21.2. The number of anilines is 3. The third kappa shape index (κ3) is 5.18. The Morgan fingerprint density at radius 1 is 1.05 bits per heavy atom. The van der Waals surface area contributed by atoms with Crippen LogP contribution in [0.2, 0.25) is 0 Å². The molecule has 11 heteroatoms. The first kappa shape index (κ1) is 28.7. The Kier molecular flexibility index (Phi) is 7.26. The highest BCUT2D eigenvalue weighted by molar-refractivity contribution is 5.77. The van der Waals surface area contributed by atoms with Gasteiger partial charge in [0.2, 0.25) is 5.95 Å². The van der Waals surface area contributed by atoms with Crippen molar-refractivity contribution >= 4 is 28.4 Å². The van der Waals surface area contributed by atoms with E-state index in [0.717, 1.165) is 24.8 Å². The average molecular weight is 596 g/mol. The van der Waals surface area contributed by atoms with E-state index in [-0.39, 0.29) is 12.1 Å². The van der Waals surface area contributed by atoms with Crippen LogP contribution in [0.25, 0.3) is 16.9 Å². The van der Waals surface area contributed by atoms with Gasteiger partial charge in [0.25, 0.3) is 5.56 Å². The van der Waals surface area contributed by atoms with Crippen LogP contribution in [0.5, 0.6) is 0 Å². The van der Waals surface area contributed by atoms with Gasteiger partial charge >= 0.3 is 0 Å². The molecule has 3 aliphatic rings. The number of hydrogen-bond acceptors (Lipinski definition) is 9. The molecule has 2 bridgehead atoms. The van der Waals surface area contributed by atoms with Crippen molar-refractivity contribution in [2.45, 2.75) is 63.4 Å². The summed E-state index contributed by atoms with van der Waals surface area (Å²) in [5, 5.41) is 14.2. The van der Waals surface area contributed by atoms with Gasteiger partial charge in [-0.2, -0.15) is 4.98 Å². The van der Waals surface area contributed by atoms with Crippen molar-refractivity contribution < 1.29 is 5.11 Å². The first-order valence-electron chi connectivity index (χ1n) is 15.6. The summed E-state index contributed by atoms with van der Waals surface area (Å²) in [5.74, 6) is 0.851. The Morgan fingerprint density at radius 2 is 1.82 bits per heavy atom. The molecule has 0 saturated carbocycles. The molecular weight excluding hydrogens is 554 g/mol. The zero-order valence-electron chi connectivity index (χ0n) is 25.7. The molecule has 4 aromatic rings. The molecule has 6 heterocycles. The number of benzene rings is 1. The van der Waals surface area contributed by atoms with Crippen molar-refractivity contribution in [2.75, 3.05) is 43.4 Å². The molecular formula is C33H41N9O2. The molecule has 2 unspecified atom stereocenters. The lowest BCUT2D eigenvalue weighted by molar-refractivity contribution is 0.0738. The highest BCUT2D eigenvalue weighted by atomic mass is 16.3. The summed E-state index contributed by atoms with van der Waals surface area (Å²) in [6.07, 6.45) is 7.03. The monoisotopic (exact) mass is 595 g/mol. The van der Waals surface area contributed by atoms with Gasteiger partial charge in [0.15, 0.2) is 11.5 Å². The van der Waals surface area contributed by atoms with Crippen LogP contribution in [-0.4, -0.2) is 90.6 Å². The van der Waals surface area contributed by atoms with Crippen LogP contribution in [-0.2, 0) is 12.1 Å². The van der Waals surface area contributed by atoms with Gasteiger partial charge in [-0.25, -0.2) is 19.3 Å². The lowest BCUT2D eigenvalue weighted by Crippen LogP contribution is -2.53. The number of aliphatic hydroxyl groups is 1. The number of piperazine rings is 1. The molecule has 0 amide bonds. The van der Waals surface area contributed by atoms with Crippen LogP contribution in [0.3, 0.4) is 0 Å². The summed E-state index contributed by atoms with van der Waals surface area (Å²) < 4.78 is 3.20. The van der Waals surface area contributed by atoms with Crippen LogP contribution < -0.4 is 15.8 Å². The fraction of sp³-hybridized carbons (Fsp3) is 0.455. The van der Waals surface area contributed by atoms with Crippen molar-refractivity contribution in [3.8, 4) is 5.82 Å². The second-order valence-electron chi connectivity index (χ2n) is 13.0. The second kappa shape index (κ2) is 11.1. The lowest BCUT2D eigenvalue weighted by Gasteiger charge is -2.42. The normalized spacial score (nSPS) is 21.4. The number of allylic oxidation sites excluding steroid dienone is 1. The van der Waals surface area contributed by atoms with Crippen LogP contribution in [0.4, 0.5) is 17.3 Å². The minimum atomic E-state index is -1.14. The number of piperidine rings is 1. The number of fused-ring (bicyclic) bond motifs is 3. The standard InChI is InChI=1S/C33H41N9O2/c1-5-15-41-31(43)27-19-34-32(37-30(27)42(41)29-8-6-7-28(36-29)33(2,3)44)35-22-9-11-23(12-10-22)39-20-26-18-25(39)21-40(26)24-13-16-38(4)17-14-24/h5-12,19,24-26,44H,1,13-18,20-21H2,2-4H3,(H,34,35,37). The fourth-order valence-corrected chi connectivity index (χ4v) is 7.14. The van der Waals surface area contributed by atoms with Crippen molar-refractivity contribution in [2.24, 2.45) is 0 Å². The maximum absolute atomic E-state index is 13.3. The molecule has 2 N–H and O–H groups in total. The quantitative estimate of drug-likeness (QED) is 0.296. The van der Waals surface area contributed by atoms with Gasteiger partial charge in [-0.05, 0) is 89.6 Å². The topological polar surface area (TPSA) is 108 Å². The summed E-state index contributed by atoms with van der Waals surface area (Å²) in [4.78, 5) is 35.0. The minimum Gasteiger partial charge on any atom is -0.384 e. The summed E-state index contributed by atoms with van der Waals surface area (Å²) in [6, 6.07) is 15.8. The van der Waals surface area contributed by atoms with Crippen molar-refractivity contribution in [1.82, 2.24) is 34.1 Å². The number of pyridine rings is 1. The van der Waals surface area contributed by atoms with E-state index < -0.39 is 5.60 Å². The molecule has 2 atom stereocenters. The van der Waals surface area contributed by atoms with E-state index in [4.69, 9.17) is 4.98 Å². The number of hydrogen-bond donors (Lipinski definition) is 2. The summed E-state index contributed by atoms with van der Waals surface area (Å²) in [6.45, 7) is 12.1. The van der Waals surface area contributed by atoms with E-state index in [2.05, 4.69) is 67.9 Å². The molecule has 44 heavy (non-hydrogen) atoms. The maximum atomic E-state index is 13.3. The SMILES string of the molecule is C=CCn1c(=O)c2cnc(Nc3ccc(N4CC5CC4CN5C4CCN(C)CC4)cc3)nc2n1-c1cccc(C(C)(C)O)n1. The van der Waals surface area contributed by atoms with Gasteiger partial charge in [-0.1, -0.05) is 12.1 Å². The molecule has 3 saturated heterocycles. The second-order valence-corrected chi connectivity index (χ2v) is 13.0. The number of nitrogens with zero attached hydrogens (tertiary/aromatic N) is 8. The predicted molar refractivity (Wildman–Crippen MR) is 173 cm³/mol. The largest absolute Gasteiger partial charge is 0.384 e. The zero-order chi connectivity index (χ0) is 30.6. The smallest absolute Gasteiger partial charge is 0.278 e. The van der Waals surface area contributed by atoms with Crippen LogP contribution in [0, 0.1) is 0 Å². The minimum absolute atomic E-state index is 0.236. The van der Waals surface area contributed by atoms with Crippen LogP contribution >= 0.6 is 0 Å². The number of likely N-dealkylation sites (tertiary alicyclic amines) is 2. The molecule has 1 aromatic carbocycles. The summed E-state index contributed by atoms with van der Waals surface area (Å²) in [7, 11) is 2.23. The molecule has 7 rings (SSSR count). The first-order valence-corrected chi connectivity index (χ1v) is 15.6. The van der Waals surface area contributed by atoms with Crippen molar-refractivity contribution in [3.05, 3.63) is 77.4 Å². The summed E-state index contributed by atoms with van der Waals surface area (Å²) >= 11 is 0. The van der Waals surface area contributed by atoms with E-state index in [1.54, 1.807) is 42.9 Å². The number of aromatic nitrogens is 5. The van der Waals surface area contributed by atoms with Gasteiger partial charge < -0.3 is 20.2 Å². The third-order valence-electron chi connectivity index (χ3n) is 9.45. The van der Waals surface area contributed by atoms with Gasteiger partial charge in [-0.15, -0.1) is 6.58 Å². The van der Waals surface area contributed by atoms with Crippen molar-refractivity contribution in [1.29, 1.82) is 0 Å². The van der Waals surface area contributed by atoms with Gasteiger partial charge in [-0.3, -0.25) is 9.69 Å². The Morgan fingerprint density at radius 3 is 2.50 bits per heavy atom. The van der Waals surface area contributed by atoms with Crippen LogP contribution in [0.1, 0.15) is 38.8 Å². The predicted octanol–water partition coefficient (Wildman–Crippen LogP) is 3.49. The van der Waals surface area contributed by atoms with Gasteiger partial charge in [0, 0.05) is 48.8 Å². The van der Waals surface area contributed by atoms with E-state index in [1.807, 2.05) is 6.07 Å². The zero-order valence-corrected chi connectivity index (χ0v) is 25.7. The number of rotatable bonds is 8. The molecule has 11 nitrogen and oxygen atoms in total. The molecule has 3 aromatic heterocycles. The lowest BCUT2D eigenvalue weighted by atomic mass is 10.0. The average Bonchev–Trinajstić information content (AvgIpc) is 3.70. The van der Waals surface area contributed by atoms with E-state index in [0.29, 0.717) is 40.6 Å². The molecule has 230 valence electrons. The van der Waals surface area contributed by atoms with E-state index in [9.17, 15) is 9.90 Å². The highest BCUT2D eigenvalue weighted by Gasteiger charge is 2.45. The van der Waals surface area contributed by atoms with E-state index >= 15 is 0 Å². The van der Waals surface area contributed by atoms with Gasteiger partial charge in [0.05, 0.1) is 12.2 Å². The Bertz CT molecular complexity index is 1730. The molecule has 0 spiro atoms. The summed E-state index contributed by atoms with van der Waals surface area (Å²) in [5.41, 5.74) is 1.65. The van der Waals surface area contributed by atoms with Crippen molar-refractivity contribution in [3.63, 3.8) is 0 Å². The third-order valence-corrected chi connectivity index (χ3v) is 9.45. The molecule has 0 aliphatic carbocycles. The molecule has 3 fully saturated rings. The van der Waals surface area contributed by atoms with Crippen LogP contribution in [0.15, 0.2) is 66.1 Å². The molecule has 0 radical (unpaired) electrons. The molecule has 3 aliphatic heterocycles. The fourth-order valence-electron chi connectivity index (χ4n) is 7.14. The number of nitrogens with one attached hydrogen (secondary N) is 1.